The second-order valence-electron chi connectivity index (χ2n) is 3.11. The number of primary amides is 1. The molecule has 0 saturated carbocycles. The molecule has 0 atom stereocenters. The molecule has 0 radical (unpaired) electrons. The standard InChI is InChI=1S/C9H11NO.CH4O3S/c1-2-7-5-3-4-6-8(7)9(10)11;1-5(2,3)4/h3-6H,2H2,1H3,(H2,10,11);1H3,(H,2,3,4). The summed E-state index contributed by atoms with van der Waals surface area (Å²) in [5, 5.41) is 0. The van der Waals surface area contributed by atoms with Crippen molar-refractivity contribution in [2.45, 2.75) is 13.3 Å². The van der Waals surface area contributed by atoms with Gasteiger partial charge < -0.3 is 5.73 Å². The minimum atomic E-state index is -3.67. The Morgan fingerprint density at radius 3 is 2.12 bits per heavy atom. The van der Waals surface area contributed by atoms with Crippen LogP contribution in [-0.4, -0.2) is 25.1 Å². The molecule has 0 bridgehead atoms. The van der Waals surface area contributed by atoms with Crippen molar-refractivity contribution in [1.29, 1.82) is 0 Å². The number of rotatable bonds is 2. The molecule has 5 nitrogen and oxygen atoms in total. The van der Waals surface area contributed by atoms with Crippen LogP contribution in [0.4, 0.5) is 0 Å². The fraction of sp³-hybridized carbons (Fsp3) is 0.300. The van der Waals surface area contributed by atoms with Crippen LogP contribution >= 0.6 is 0 Å². The van der Waals surface area contributed by atoms with Crippen LogP contribution in [0.15, 0.2) is 24.3 Å². The summed E-state index contributed by atoms with van der Waals surface area (Å²) in [4.78, 5) is 10.8. The zero-order chi connectivity index (χ0) is 12.8. The first-order chi connectivity index (χ1) is 7.25. The molecular formula is C10H15NO4S. The lowest BCUT2D eigenvalue weighted by atomic mass is 10.1. The lowest BCUT2D eigenvalue weighted by Crippen LogP contribution is -2.13. The lowest BCUT2D eigenvalue weighted by Gasteiger charge is -2.01. The number of aryl methyl sites for hydroxylation is 1. The van der Waals surface area contributed by atoms with E-state index in [0.717, 1.165) is 12.0 Å². The van der Waals surface area contributed by atoms with Crippen LogP contribution in [-0.2, 0) is 16.5 Å². The van der Waals surface area contributed by atoms with E-state index in [-0.39, 0.29) is 5.91 Å². The molecule has 6 heteroatoms. The fourth-order valence-corrected chi connectivity index (χ4v) is 1.07. The Kier molecular flexibility index (Phi) is 5.69. The Labute approximate surface area is 95.0 Å². The lowest BCUT2D eigenvalue weighted by molar-refractivity contribution is 0.0999. The van der Waals surface area contributed by atoms with Gasteiger partial charge in [0.25, 0.3) is 10.1 Å². The molecule has 90 valence electrons. The van der Waals surface area contributed by atoms with Crippen molar-refractivity contribution in [1.82, 2.24) is 0 Å². The Morgan fingerprint density at radius 1 is 1.38 bits per heavy atom. The molecule has 1 aromatic carbocycles. The van der Waals surface area contributed by atoms with Crippen molar-refractivity contribution in [3.63, 3.8) is 0 Å². The summed E-state index contributed by atoms with van der Waals surface area (Å²) in [5.41, 5.74) is 6.80. The summed E-state index contributed by atoms with van der Waals surface area (Å²) in [7, 11) is -3.67. The first-order valence-electron chi connectivity index (χ1n) is 4.55. The molecule has 0 aliphatic rings. The molecule has 1 rings (SSSR count). The Morgan fingerprint density at radius 2 is 1.81 bits per heavy atom. The van der Waals surface area contributed by atoms with E-state index in [1.807, 2.05) is 25.1 Å². The van der Waals surface area contributed by atoms with E-state index in [2.05, 4.69) is 0 Å². The van der Waals surface area contributed by atoms with Gasteiger partial charge in [-0.05, 0) is 18.1 Å². The van der Waals surface area contributed by atoms with Gasteiger partial charge in [-0.1, -0.05) is 25.1 Å². The van der Waals surface area contributed by atoms with E-state index in [1.54, 1.807) is 6.07 Å². The Hall–Kier alpha value is -1.40. The van der Waals surface area contributed by atoms with E-state index in [0.29, 0.717) is 11.8 Å². The predicted octanol–water partition coefficient (Wildman–Crippen LogP) is 0.852. The molecule has 0 spiro atoms. The molecule has 1 amide bonds. The first kappa shape index (κ1) is 14.6. The summed E-state index contributed by atoms with van der Waals surface area (Å²) in [6.45, 7) is 2.00. The minimum Gasteiger partial charge on any atom is -0.366 e. The fourth-order valence-electron chi connectivity index (χ4n) is 1.07. The Bertz CT molecular complexity index is 446. The van der Waals surface area contributed by atoms with E-state index in [9.17, 15) is 13.2 Å². The van der Waals surface area contributed by atoms with Crippen molar-refractivity contribution < 1.29 is 17.8 Å². The summed E-state index contributed by atoms with van der Waals surface area (Å²) in [5.74, 6) is -0.345. The third kappa shape index (κ3) is 6.97. The highest BCUT2D eigenvalue weighted by Gasteiger charge is 2.03. The number of carbonyl (C=O) groups is 1. The van der Waals surface area contributed by atoms with Gasteiger partial charge in [0.15, 0.2) is 0 Å². The topological polar surface area (TPSA) is 97.5 Å². The highest BCUT2D eigenvalue weighted by atomic mass is 32.2. The molecule has 0 fully saturated rings. The number of hydrogen-bond donors (Lipinski definition) is 2. The monoisotopic (exact) mass is 245 g/mol. The summed E-state index contributed by atoms with van der Waals surface area (Å²) < 4.78 is 25.9. The average molecular weight is 245 g/mol. The van der Waals surface area contributed by atoms with Crippen molar-refractivity contribution in [2.24, 2.45) is 5.73 Å². The SMILES string of the molecule is CCc1ccccc1C(N)=O.CS(=O)(=O)O. The van der Waals surface area contributed by atoms with Gasteiger partial charge in [-0.2, -0.15) is 8.42 Å². The van der Waals surface area contributed by atoms with Crippen LogP contribution in [0.3, 0.4) is 0 Å². The molecule has 0 heterocycles. The molecule has 0 saturated heterocycles. The third-order valence-electron chi connectivity index (χ3n) is 1.66. The predicted molar refractivity (Wildman–Crippen MR) is 61.8 cm³/mol. The van der Waals surface area contributed by atoms with Crippen LogP contribution < -0.4 is 5.73 Å². The second-order valence-corrected chi connectivity index (χ2v) is 4.57. The zero-order valence-electron chi connectivity index (χ0n) is 9.17. The number of amides is 1. The van der Waals surface area contributed by atoms with Crippen LogP contribution in [0, 0.1) is 0 Å². The van der Waals surface area contributed by atoms with Gasteiger partial charge in [-0.15, -0.1) is 0 Å². The number of hydrogen-bond acceptors (Lipinski definition) is 3. The molecule has 0 aromatic heterocycles. The Balaban J connectivity index is 0.000000385. The van der Waals surface area contributed by atoms with Crippen LogP contribution in [0.1, 0.15) is 22.8 Å². The molecule has 3 N–H and O–H groups in total. The van der Waals surface area contributed by atoms with Gasteiger partial charge in [-0.25, -0.2) is 0 Å². The minimum absolute atomic E-state index is 0.345. The van der Waals surface area contributed by atoms with Gasteiger partial charge in [0.1, 0.15) is 0 Å². The maximum absolute atomic E-state index is 10.8. The van der Waals surface area contributed by atoms with Crippen LogP contribution in [0.25, 0.3) is 0 Å². The van der Waals surface area contributed by atoms with Crippen LogP contribution in [0.2, 0.25) is 0 Å². The van der Waals surface area contributed by atoms with E-state index >= 15 is 0 Å². The van der Waals surface area contributed by atoms with Gasteiger partial charge >= 0.3 is 0 Å². The van der Waals surface area contributed by atoms with E-state index < -0.39 is 10.1 Å². The van der Waals surface area contributed by atoms with Gasteiger partial charge in [-0.3, -0.25) is 9.35 Å². The van der Waals surface area contributed by atoms with Crippen LogP contribution in [0.5, 0.6) is 0 Å². The first-order valence-corrected chi connectivity index (χ1v) is 6.40. The second kappa shape index (κ2) is 6.24. The average Bonchev–Trinajstić information content (AvgIpc) is 2.15. The number of carbonyl (C=O) groups excluding carboxylic acids is 1. The van der Waals surface area contributed by atoms with Gasteiger partial charge in [0.2, 0.25) is 5.91 Å². The van der Waals surface area contributed by atoms with E-state index in [1.165, 1.54) is 0 Å². The maximum Gasteiger partial charge on any atom is 0.261 e. The summed E-state index contributed by atoms with van der Waals surface area (Å²) in [6, 6.07) is 7.39. The molecule has 16 heavy (non-hydrogen) atoms. The van der Waals surface area contributed by atoms with E-state index in [4.69, 9.17) is 10.3 Å². The zero-order valence-corrected chi connectivity index (χ0v) is 9.99. The quantitative estimate of drug-likeness (QED) is 0.755. The molecule has 0 aliphatic carbocycles. The van der Waals surface area contributed by atoms with Crippen molar-refractivity contribution in [3.05, 3.63) is 35.4 Å². The molecule has 0 unspecified atom stereocenters. The third-order valence-corrected chi connectivity index (χ3v) is 1.66. The van der Waals surface area contributed by atoms with Crippen molar-refractivity contribution >= 4 is 16.0 Å². The molecule has 0 aliphatic heterocycles. The van der Waals surface area contributed by atoms with Gasteiger partial charge in [0, 0.05) is 5.56 Å². The van der Waals surface area contributed by atoms with Crippen molar-refractivity contribution in [2.75, 3.05) is 6.26 Å². The normalized spacial score (nSPS) is 10.2. The van der Waals surface area contributed by atoms with Gasteiger partial charge in [0.05, 0.1) is 6.26 Å². The number of benzene rings is 1. The highest BCUT2D eigenvalue weighted by molar-refractivity contribution is 7.85. The summed E-state index contributed by atoms with van der Waals surface area (Å²) >= 11 is 0. The smallest absolute Gasteiger partial charge is 0.261 e. The largest absolute Gasteiger partial charge is 0.366 e. The molecule has 1 aromatic rings. The maximum atomic E-state index is 10.8. The number of nitrogens with two attached hydrogens (primary N) is 1. The van der Waals surface area contributed by atoms with Crippen molar-refractivity contribution in [3.8, 4) is 0 Å². The summed E-state index contributed by atoms with van der Waals surface area (Å²) in [6.07, 6.45) is 1.56. The molecular weight excluding hydrogens is 230 g/mol. The highest BCUT2D eigenvalue weighted by Crippen LogP contribution is 2.07.